The molecule has 1 aromatic carbocycles. The van der Waals surface area contributed by atoms with Gasteiger partial charge in [-0.05, 0) is 50.8 Å². The number of rotatable bonds is 13. The number of nitrogens with zero attached hydrogens (tertiary/aromatic N) is 2. The van der Waals surface area contributed by atoms with Gasteiger partial charge in [-0.15, -0.1) is 11.3 Å². The summed E-state index contributed by atoms with van der Waals surface area (Å²) in [5.41, 5.74) is 1.91. The van der Waals surface area contributed by atoms with Gasteiger partial charge in [-0.25, -0.2) is 17.8 Å². The largest absolute Gasteiger partial charge is 0.367 e. The fourth-order valence-electron chi connectivity index (χ4n) is 3.22. The minimum Gasteiger partial charge on any atom is -0.367 e. The Kier molecular flexibility index (Phi) is 9.13. The van der Waals surface area contributed by atoms with Crippen molar-refractivity contribution in [3.8, 4) is 0 Å². The molecule has 0 fully saturated rings. The van der Waals surface area contributed by atoms with Gasteiger partial charge in [0.15, 0.2) is 15.8 Å². The van der Waals surface area contributed by atoms with Crippen LogP contribution in [0, 0.1) is 19.7 Å². The van der Waals surface area contributed by atoms with Gasteiger partial charge in [0, 0.05) is 11.9 Å². The Morgan fingerprint density at radius 1 is 1.18 bits per heavy atom. The zero-order valence-corrected chi connectivity index (χ0v) is 20.6. The van der Waals surface area contributed by atoms with Crippen molar-refractivity contribution in [1.82, 2.24) is 15.5 Å². The smallest absolute Gasteiger partial charge is 0.269 e. The molecule has 0 saturated heterocycles. The minimum atomic E-state index is -3.81. The number of carbonyl (C=O) groups excluding carboxylic acids is 1. The number of anilines is 1. The Morgan fingerprint density at radius 3 is 2.65 bits per heavy atom. The van der Waals surface area contributed by atoms with Crippen molar-refractivity contribution >= 4 is 32.4 Å². The van der Waals surface area contributed by atoms with Crippen LogP contribution >= 0.6 is 11.3 Å². The highest BCUT2D eigenvalue weighted by atomic mass is 32.2. The third-order valence-corrected chi connectivity index (χ3v) is 7.38. The molecular weight excluding hydrogens is 483 g/mol. The number of aryl methyl sites for hydroxylation is 3. The predicted molar refractivity (Wildman–Crippen MR) is 126 cm³/mol. The Hall–Kier alpha value is -2.83. The van der Waals surface area contributed by atoms with Crippen LogP contribution in [0.4, 0.5) is 9.52 Å². The molecule has 2 aromatic heterocycles. The molecule has 12 heteroatoms. The van der Waals surface area contributed by atoms with Crippen LogP contribution in [0.2, 0.25) is 0 Å². The average Bonchev–Trinajstić information content (AvgIpc) is 3.37. The standard InChI is InChI=1S/C22H27FN4O5S2/c1-15-21(16(2)32-26-15)34(29,30)27-22-25-19(14-33-22)6-4-3-5-11-24-20(28)13-31-12-17-7-9-18(23)10-8-17/h7-10,14H,3-6,11-13H2,1-2H3,(H,24,28)(H,25,27). The molecule has 9 nitrogen and oxygen atoms in total. The summed E-state index contributed by atoms with van der Waals surface area (Å²) in [5, 5.41) is 8.60. The van der Waals surface area contributed by atoms with Crippen LogP contribution in [0.25, 0.3) is 0 Å². The molecule has 0 saturated carbocycles. The summed E-state index contributed by atoms with van der Waals surface area (Å²) in [6.07, 6.45) is 3.25. The van der Waals surface area contributed by atoms with Gasteiger partial charge >= 0.3 is 0 Å². The first-order valence-corrected chi connectivity index (χ1v) is 13.1. The summed E-state index contributed by atoms with van der Waals surface area (Å²) in [7, 11) is -3.81. The highest BCUT2D eigenvalue weighted by Crippen LogP contribution is 2.24. The maximum Gasteiger partial charge on any atom is 0.269 e. The topological polar surface area (TPSA) is 123 Å². The van der Waals surface area contributed by atoms with Crippen molar-refractivity contribution in [2.45, 2.75) is 51.0 Å². The first-order chi connectivity index (χ1) is 16.2. The van der Waals surface area contributed by atoms with Gasteiger partial charge in [-0.1, -0.05) is 23.7 Å². The van der Waals surface area contributed by atoms with Gasteiger partial charge in [0.25, 0.3) is 10.0 Å². The number of thiazole rings is 1. The lowest BCUT2D eigenvalue weighted by molar-refractivity contribution is -0.126. The summed E-state index contributed by atoms with van der Waals surface area (Å²) in [5.74, 6) is -0.278. The highest BCUT2D eigenvalue weighted by Gasteiger charge is 2.25. The summed E-state index contributed by atoms with van der Waals surface area (Å²) in [4.78, 5) is 16.2. The molecule has 184 valence electrons. The van der Waals surface area contributed by atoms with Gasteiger partial charge in [-0.3, -0.25) is 9.52 Å². The van der Waals surface area contributed by atoms with Crippen molar-refractivity contribution in [3.63, 3.8) is 0 Å². The van der Waals surface area contributed by atoms with Crippen LogP contribution in [-0.4, -0.2) is 37.6 Å². The monoisotopic (exact) mass is 510 g/mol. The number of unbranched alkanes of at least 4 members (excludes halogenated alkanes) is 2. The van der Waals surface area contributed by atoms with Gasteiger partial charge in [0.05, 0.1) is 12.3 Å². The molecule has 2 N–H and O–H groups in total. The van der Waals surface area contributed by atoms with Crippen molar-refractivity contribution in [1.29, 1.82) is 0 Å². The molecule has 0 radical (unpaired) electrons. The second-order valence-electron chi connectivity index (χ2n) is 7.68. The number of benzene rings is 1. The lowest BCUT2D eigenvalue weighted by atomic mass is 10.1. The van der Waals surface area contributed by atoms with Gasteiger partial charge in [0.2, 0.25) is 5.91 Å². The third kappa shape index (κ3) is 7.61. The quantitative estimate of drug-likeness (QED) is 0.336. The summed E-state index contributed by atoms with van der Waals surface area (Å²) >= 11 is 1.22. The molecule has 0 aliphatic carbocycles. The van der Waals surface area contributed by atoms with Gasteiger partial charge in [-0.2, -0.15) is 0 Å². The first kappa shape index (κ1) is 25.8. The Labute approximate surface area is 201 Å². The lowest BCUT2D eigenvalue weighted by Gasteiger charge is -2.06. The van der Waals surface area contributed by atoms with Crippen LogP contribution in [0.3, 0.4) is 0 Å². The number of amides is 1. The Bertz CT molecular complexity index is 1170. The number of halogens is 1. The number of aromatic nitrogens is 2. The van der Waals surface area contributed by atoms with Crippen LogP contribution in [-0.2, 0) is 32.6 Å². The van der Waals surface area contributed by atoms with E-state index in [-0.39, 0.29) is 35.6 Å². The number of hydrogen-bond donors (Lipinski definition) is 2. The van der Waals surface area contributed by atoms with E-state index in [0.717, 1.165) is 30.5 Å². The second kappa shape index (κ2) is 12.0. The first-order valence-electron chi connectivity index (χ1n) is 10.7. The molecule has 2 heterocycles. The molecule has 0 atom stereocenters. The van der Waals surface area contributed by atoms with Crippen LogP contribution in [0.15, 0.2) is 39.1 Å². The minimum absolute atomic E-state index is 0.0344. The maximum atomic E-state index is 12.9. The third-order valence-electron chi connectivity index (χ3n) is 4.86. The summed E-state index contributed by atoms with van der Waals surface area (Å²) in [6, 6.07) is 5.94. The second-order valence-corrected chi connectivity index (χ2v) is 10.2. The maximum absolute atomic E-state index is 12.9. The van der Waals surface area contributed by atoms with Crippen molar-refractivity contribution in [2.24, 2.45) is 0 Å². The van der Waals surface area contributed by atoms with E-state index in [4.69, 9.17) is 9.26 Å². The molecule has 3 aromatic rings. The summed E-state index contributed by atoms with van der Waals surface area (Å²) < 4.78 is 50.7. The van der Waals surface area contributed by atoms with E-state index in [9.17, 15) is 17.6 Å². The van der Waals surface area contributed by atoms with Crippen molar-refractivity contribution in [2.75, 3.05) is 17.9 Å². The molecule has 0 aliphatic heterocycles. The fourth-order valence-corrected chi connectivity index (χ4v) is 5.55. The van der Waals surface area contributed by atoms with Crippen LogP contribution in [0.1, 0.15) is 42.0 Å². The van der Waals surface area contributed by atoms with Crippen LogP contribution < -0.4 is 10.0 Å². The molecule has 0 unspecified atom stereocenters. The molecule has 1 amide bonds. The molecule has 0 spiro atoms. The SMILES string of the molecule is Cc1noc(C)c1S(=O)(=O)Nc1nc(CCCCCNC(=O)COCc2ccc(F)cc2)cs1. The van der Waals surface area contributed by atoms with Crippen molar-refractivity contribution in [3.05, 3.63) is 58.2 Å². The fraction of sp³-hybridized carbons (Fsp3) is 0.409. The number of hydrogen-bond acceptors (Lipinski definition) is 8. The number of nitrogens with one attached hydrogen (secondary N) is 2. The number of sulfonamides is 1. The van der Waals surface area contributed by atoms with E-state index < -0.39 is 10.0 Å². The predicted octanol–water partition coefficient (Wildman–Crippen LogP) is 3.73. The number of ether oxygens (including phenoxy) is 1. The van der Waals surface area contributed by atoms with E-state index in [0.29, 0.717) is 23.8 Å². The van der Waals surface area contributed by atoms with Gasteiger partial charge < -0.3 is 14.6 Å². The number of carbonyl (C=O) groups is 1. The van der Waals surface area contributed by atoms with E-state index in [2.05, 4.69) is 20.2 Å². The summed E-state index contributed by atoms with van der Waals surface area (Å²) in [6.45, 7) is 3.85. The Balaban J connectivity index is 1.29. The highest BCUT2D eigenvalue weighted by molar-refractivity contribution is 7.93. The molecule has 3 rings (SSSR count). The lowest BCUT2D eigenvalue weighted by Crippen LogP contribution is -2.28. The van der Waals surface area contributed by atoms with Gasteiger partial charge in [0.1, 0.15) is 18.1 Å². The van der Waals surface area contributed by atoms with Crippen LogP contribution in [0.5, 0.6) is 0 Å². The van der Waals surface area contributed by atoms with E-state index >= 15 is 0 Å². The average molecular weight is 511 g/mol. The zero-order valence-electron chi connectivity index (χ0n) is 19.0. The molecule has 0 bridgehead atoms. The Morgan fingerprint density at radius 2 is 1.94 bits per heavy atom. The normalized spacial score (nSPS) is 11.5. The molecular formula is C22H27FN4O5S2. The molecule has 34 heavy (non-hydrogen) atoms. The molecule has 0 aliphatic rings. The van der Waals surface area contributed by atoms with E-state index in [1.807, 2.05) is 5.38 Å². The van der Waals surface area contributed by atoms with E-state index in [1.54, 1.807) is 26.0 Å². The van der Waals surface area contributed by atoms with Crippen molar-refractivity contribution < 1.29 is 26.9 Å². The zero-order chi connectivity index (χ0) is 24.6. The van der Waals surface area contributed by atoms with E-state index in [1.165, 1.54) is 23.5 Å².